The van der Waals surface area contributed by atoms with Crippen LogP contribution in [0.5, 0.6) is 0 Å². The van der Waals surface area contributed by atoms with Gasteiger partial charge in [-0.2, -0.15) is 0 Å². The summed E-state index contributed by atoms with van der Waals surface area (Å²) in [5.74, 6) is 5.89. The molecular weight excluding hydrogens is 288 g/mol. The second-order valence-electron chi connectivity index (χ2n) is 4.96. The molecule has 1 aliphatic rings. The molecule has 0 aliphatic carbocycles. The Morgan fingerprint density at radius 2 is 2.52 bits per heavy atom. The number of rotatable bonds is 4. The van der Waals surface area contributed by atoms with Crippen LogP contribution in [0.3, 0.4) is 0 Å². The maximum absolute atomic E-state index is 12.0. The number of aliphatic hydroxyl groups excluding tert-OH is 1. The van der Waals surface area contributed by atoms with Crippen LogP contribution in [0.15, 0.2) is 11.4 Å². The molecule has 1 saturated heterocycles. The summed E-state index contributed by atoms with van der Waals surface area (Å²) >= 11 is 1.55. The molecule has 0 radical (unpaired) electrons. The largest absolute Gasteiger partial charge is 0.395 e. The van der Waals surface area contributed by atoms with E-state index in [1.165, 1.54) is 0 Å². The summed E-state index contributed by atoms with van der Waals surface area (Å²) < 4.78 is 5.24. The van der Waals surface area contributed by atoms with Crippen molar-refractivity contribution in [2.45, 2.75) is 25.4 Å². The van der Waals surface area contributed by atoms with Crippen LogP contribution in [-0.2, 0) is 11.3 Å². The van der Waals surface area contributed by atoms with Crippen molar-refractivity contribution in [3.63, 3.8) is 0 Å². The molecule has 0 saturated carbocycles. The van der Waals surface area contributed by atoms with E-state index >= 15 is 0 Å². The van der Waals surface area contributed by atoms with Gasteiger partial charge in [0.2, 0.25) is 0 Å². The summed E-state index contributed by atoms with van der Waals surface area (Å²) in [6, 6.07) is 2.03. The number of hydrogen-bond donors (Lipinski definition) is 2. The van der Waals surface area contributed by atoms with Crippen molar-refractivity contribution in [3.8, 4) is 11.8 Å². The fourth-order valence-electron chi connectivity index (χ4n) is 2.01. The molecule has 5 nitrogen and oxygen atoms in total. The number of ether oxygens (including phenoxy) is 1. The quantitative estimate of drug-likeness (QED) is 0.827. The van der Waals surface area contributed by atoms with E-state index in [0.717, 1.165) is 23.5 Å². The summed E-state index contributed by atoms with van der Waals surface area (Å²) in [5, 5.41) is 13.7. The summed E-state index contributed by atoms with van der Waals surface area (Å²) in [4.78, 5) is 14.6. The smallest absolute Gasteiger partial charge is 0.317 e. The van der Waals surface area contributed by atoms with Gasteiger partial charge >= 0.3 is 6.03 Å². The second kappa shape index (κ2) is 8.03. The highest BCUT2D eigenvalue weighted by molar-refractivity contribution is 7.10. The van der Waals surface area contributed by atoms with Crippen LogP contribution in [0.4, 0.5) is 4.79 Å². The molecular formula is C15H20N2O3S. The molecule has 21 heavy (non-hydrogen) atoms. The molecule has 2 rings (SSSR count). The lowest BCUT2D eigenvalue weighted by Gasteiger charge is -2.19. The van der Waals surface area contributed by atoms with Crippen molar-refractivity contribution in [3.05, 3.63) is 21.9 Å². The molecule has 2 N–H and O–H groups in total. The van der Waals surface area contributed by atoms with Gasteiger partial charge in [0, 0.05) is 26.6 Å². The maximum atomic E-state index is 12.0. The molecule has 1 aromatic heterocycles. The van der Waals surface area contributed by atoms with Crippen LogP contribution in [0.25, 0.3) is 0 Å². The van der Waals surface area contributed by atoms with E-state index in [0.29, 0.717) is 19.6 Å². The van der Waals surface area contributed by atoms with Gasteiger partial charge in [0.05, 0.1) is 24.1 Å². The van der Waals surface area contributed by atoms with Crippen molar-refractivity contribution in [1.82, 2.24) is 10.2 Å². The lowest BCUT2D eigenvalue weighted by atomic mass is 10.2. The molecule has 114 valence electrons. The SMILES string of the molecule is CN(Cc1csc(C#CCCO)c1)C(=O)NC1CCOC1. The molecule has 2 amide bonds. The van der Waals surface area contributed by atoms with Gasteiger partial charge in [-0.05, 0) is 23.4 Å². The third-order valence-electron chi connectivity index (χ3n) is 3.13. The van der Waals surface area contributed by atoms with Crippen LogP contribution < -0.4 is 5.32 Å². The molecule has 0 spiro atoms. The fraction of sp³-hybridized carbons (Fsp3) is 0.533. The van der Waals surface area contributed by atoms with Crippen molar-refractivity contribution < 1.29 is 14.6 Å². The second-order valence-corrected chi connectivity index (χ2v) is 5.87. The van der Waals surface area contributed by atoms with Gasteiger partial charge in [0.1, 0.15) is 0 Å². The van der Waals surface area contributed by atoms with Gasteiger partial charge in [-0.25, -0.2) is 4.79 Å². The van der Waals surface area contributed by atoms with Crippen LogP contribution in [0, 0.1) is 11.8 Å². The molecule has 1 fully saturated rings. The van der Waals surface area contributed by atoms with Crippen LogP contribution >= 0.6 is 11.3 Å². The zero-order valence-corrected chi connectivity index (χ0v) is 12.9. The fourth-order valence-corrected chi connectivity index (χ4v) is 2.78. The number of aliphatic hydroxyl groups is 1. The number of nitrogens with one attached hydrogen (secondary N) is 1. The van der Waals surface area contributed by atoms with E-state index in [2.05, 4.69) is 17.2 Å². The average Bonchev–Trinajstić information content (AvgIpc) is 3.11. The average molecular weight is 308 g/mol. The third-order valence-corrected chi connectivity index (χ3v) is 4.02. The first-order chi connectivity index (χ1) is 10.2. The van der Waals surface area contributed by atoms with E-state index in [9.17, 15) is 4.79 Å². The minimum Gasteiger partial charge on any atom is -0.395 e. The van der Waals surface area contributed by atoms with Crippen LogP contribution in [-0.4, -0.2) is 48.9 Å². The molecule has 1 atom stereocenters. The number of nitrogens with zero attached hydrogens (tertiary/aromatic N) is 1. The van der Waals surface area contributed by atoms with Crippen LogP contribution in [0.2, 0.25) is 0 Å². The number of carbonyl (C=O) groups is 1. The van der Waals surface area contributed by atoms with E-state index < -0.39 is 0 Å². The topological polar surface area (TPSA) is 61.8 Å². The normalized spacial score (nSPS) is 17.1. The Hall–Kier alpha value is -1.55. The predicted molar refractivity (Wildman–Crippen MR) is 82.1 cm³/mol. The highest BCUT2D eigenvalue weighted by Gasteiger charge is 2.19. The first kappa shape index (κ1) is 15.8. The van der Waals surface area contributed by atoms with Crippen molar-refractivity contribution in [1.29, 1.82) is 0 Å². The number of urea groups is 1. The van der Waals surface area contributed by atoms with Crippen molar-refractivity contribution >= 4 is 17.4 Å². The molecule has 1 unspecified atom stereocenters. The first-order valence-corrected chi connectivity index (χ1v) is 7.83. The lowest BCUT2D eigenvalue weighted by molar-refractivity contribution is 0.181. The van der Waals surface area contributed by atoms with Crippen LogP contribution in [0.1, 0.15) is 23.3 Å². The van der Waals surface area contributed by atoms with E-state index in [1.54, 1.807) is 23.3 Å². The highest BCUT2D eigenvalue weighted by atomic mass is 32.1. The zero-order chi connectivity index (χ0) is 15.1. The Morgan fingerprint density at radius 1 is 1.67 bits per heavy atom. The Balaban J connectivity index is 1.83. The summed E-state index contributed by atoms with van der Waals surface area (Å²) in [5.41, 5.74) is 1.06. The molecule has 6 heteroatoms. The molecule has 1 aromatic rings. The van der Waals surface area contributed by atoms with Gasteiger partial charge in [-0.15, -0.1) is 11.3 Å². The van der Waals surface area contributed by atoms with Gasteiger partial charge in [-0.3, -0.25) is 0 Å². The van der Waals surface area contributed by atoms with Gasteiger partial charge in [0.25, 0.3) is 0 Å². The summed E-state index contributed by atoms with van der Waals surface area (Å²) in [6.07, 6.45) is 1.36. The molecule has 2 heterocycles. The monoisotopic (exact) mass is 308 g/mol. The van der Waals surface area contributed by atoms with Gasteiger partial charge in [0.15, 0.2) is 0 Å². The first-order valence-electron chi connectivity index (χ1n) is 6.95. The maximum Gasteiger partial charge on any atom is 0.317 e. The Bertz CT molecular complexity index is 527. The lowest BCUT2D eigenvalue weighted by Crippen LogP contribution is -2.42. The number of hydrogen-bond acceptors (Lipinski definition) is 4. The van der Waals surface area contributed by atoms with Gasteiger partial charge < -0.3 is 20.1 Å². The van der Waals surface area contributed by atoms with E-state index in [-0.39, 0.29) is 18.7 Å². The van der Waals surface area contributed by atoms with E-state index in [1.807, 2.05) is 11.4 Å². The van der Waals surface area contributed by atoms with E-state index in [4.69, 9.17) is 9.84 Å². The van der Waals surface area contributed by atoms with Gasteiger partial charge in [-0.1, -0.05) is 11.8 Å². The summed E-state index contributed by atoms with van der Waals surface area (Å²) in [7, 11) is 1.78. The molecule has 0 aromatic carbocycles. The Kier molecular flexibility index (Phi) is 6.05. The Labute approximate surface area is 128 Å². The minimum atomic E-state index is -0.0791. The predicted octanol–water partition coefficient (Wildman–Crippen LogP) is 1.41. The zero-order valence-electron chi connectivity index (χ0n) is 12.1. The standard InChI is InChI=1S/C15H20N2O3S/c1-17(15(19)16-13-5-7-20-10-13)9-12-8-14(21-11-12)4-2-3-6-18/h8,11,13,18H,3,5-7,9-10H2,1H3,(H,16,19). The van der Waals surface area contributed by atoms with Crippen molar-refractivity contribution in [2.75, 3.05) is 26.9 Å². The highest BCUT2D eigenvalue weighted by Crippen LogP contribution is 2.15. The number of thiophene rings is 1. The number of amides is 2. The number of carbonyl (C=O) groups excluding carboxylic acids is 1. The Morgan fingerprint density at radius 3 is 3.24 bits per heavy atom. The van der Waals surface area contributed by atoms with Crippen molar-refractivity contribution in [2.24, 2.45) is 0 Å². The minimum absolute atomic E-state index is 0.0791. The molecule has 0 bridgehead atoms. The summed E-state index contributed by atoms with van der Waals surface area (Å²) in [6.45, 7) is 1.95. The molecule has 1 aliphatic heterocycles. The third kappa shape index (κ3) is 5.05.